The van der Waals surface area contributed by atoms with Crippen LogP contribution in [0, 0.1) is 11.7 Å². The van der Waals surface area contributed by atoms with E-state index in [9.17, 15) is 14.0 Å². The fraction of sp³-hybridized carbons (Fsp3) is 0.250. The first kappa shape index (κ1) is 18.6. The molecule has 2 aromatic carbocycles. The van der Waals surface area contributed by atoms with E-state index < -0.39 is 17.8 Å². The normalized spacial score (nSPS) is 13.1. The second-order valence-electron chi connectivity index (χ2n) is 6.44. The number of aromatic nitrogens is 2. The van der Waals surface area contributed by atoms with Gasteiger partial charge in [-0.05, 0) is 36.2 Å². The van der Waals surface area contributed by atoms with Crippen LogP contribution in [0.3, 0.4) is 0 Å². The summed E-state index contributed by atoms with van der Waals surface area (Å²) < 4.78 is 13.4. The van der Waals surface area contributed by atoms with Gasteiger partial charge in [-0.1, -0.05) is 38.5 Å². The molecule has 0 radical (unpaired) electrons. The monoisotopic (exact) mass is 368 g/mol. The summed E-state index contributed by atoms with van der Waals surface area (Å²) in [5.74, 6) is -1.19. The van der Waals surface area contributed by atoms with E-state index in [-0.39, 0.29) is 17.4 Å². The average molecular weight is 368 g/mol. The Balaban J connectivity index is 1.77. The Hall–Kier alpha value is -3.22. The number of benzene rings is 2. The number of nitrogens with zero attached hydrogens (tertiary/aromatic N) is 1. The zero-order chi connectivity index (χ0) is 19.4. The summed E-state index contributed by atoms with van der Waals surface area (Å²) >= 11 is 0. The van der Waals surface area contributed by atoms with E-state index in [4.69, 9.17) is 0 Å². The standard InChI is InChI=1S/C20H21FN4O2/c1-3-12(2)17(24-18(26)13-7-6-8-14(21)11-13)19(27)25-20-22-15-9-4-5-10-16(15)23-20/h4-12,17H,3H2,1-2H3,(H,24,26)(H2,22,23,25,27). The fourth-order valence-corrected chi connectivity index (χ4v) is 2.76. The van der Waals surface area contributed by atoms with Gasteiger partial charge in [0.1, 0.15) is 11.9 Å². The van der Waals surface area contributed by atoms with Crippen molar-refractivity contribution >= 4 is 28.8 Å². The molecule has 3 rings (SSSR count). The molecular formula is C20H21FN4O2. The number of rotatable bonds is 6. The number of imidazole rings is 1. The SMILES string of the molecule is CCC(C)C(NC(=O)c1cccc(F)c1)C(=O)Nc1nc2ccccc2[nH]1. The largest absolute Gasteiger partial charge is 0.340 e. The van der Waals surface area contributed by atoms with E-state index in [1.54, 1.807) is 0 Å². The van der Waals surface area contributed by atoms with Gasteiger partial charge in [0, 0.05) is 5.56 Å². The number of para-hydroxylation sites is 2. The summed E-state index contributed by atoms with van der Waals surface area (Å²) in [7, 11) is 0. The predicted octanol–water partition coefficient (Wildman–Crippen LogP) is 3.49. The first-order valence-corrected chi connectivity index (χ1v) is 8.80. The van der Waals surface area contributed by atoms with Crippen LogP contribution in [0.5, 0.6) is 0 Å². The van der Waals surface area contributed by atoms with Crippen molar-refractivity contribution in [3.05, 3.63) is 59.9 Å². The third-order valence-corrected chi connectivity index (χ3v) is 4.50. The molecule has 3 aromatic rings. The lowest BCUT2D eigenvalue weighted by molar-refractivity contribution is -0.119. The zero-order valence-corrected chi connectivity index (χ0v) is 15.1. The second-order valence-corrected chi connectivity index (χ2v) is 6.44. The van der Waals surface area contributed by atoms with Gasteiger partial charge in [-0.25, -0.2) is 9.37 Å². The maximum Gasteiger partial charge on any atom is 0.252 e. The lowest BCUT2D eigenvalue weighted by Crippen LogP contribution is -2.47. The molecule has 1 heterocycles. The van der Waals surface area contributed by atoms with E-state index >= 15 is 0 Å². The van der Waals surface area contributed by atoms with Crippen LogP contribution >= 0.6 is 0 Å². The smallest absolute Gasteiger partial charge is 0.252 e. The van der Waals surface area contributed by atoms with Gasteiger partial charge in [0.25, 0.3) is 5.91 Å². The molecule has 0 aliphatic rings. The molecule has 0 spiro atoms. The maximum absolute atomic E-state index is 13.4. The van der Waals surface area contributed by atoms with Crippen LogP contribution in [0.15, 0.2) is 48.5 Å². The van der Waals surface area contributed by atoms with E-state index in [0.29, 0.717) is 12.4 Å². The number of halogens is 1. The van der Waals surface area contributed by atoms with Gasteiger partial charge in [-0.3, -0.25) is 14.9 Å². The number of nitrogens with one attached hydrogen (secondary N) is 3. The summed E-state index contributed by atoms with van der Waals surface area (Å²) in [5, 5.41) is 5.43. The van der Waals surface area contributed by atoms with Gasteiger partial charge in [0.15, 0.2) is 0 Å². The van der Waals surface area contributed by atoms with Gasteiger partial charge < -0.3 is 10.3 Å². The Morgan fingerprint density at radius 3 is 2.67 bits per heavy atom. The van der Waals surface area contributed by atoms with E-state index in [1.807, 2.05) is 38.1 Å². The van der Waals surface area contributed by atoms with Crippen LogP contribution in [0.2, 0.25) is 0 Å². The summed E-state index contributed by atoms with van der Waals surface area (Å²) in [6.45, 7) is 3.80. The molecule has 2 amide bonds. The molecule has 0 aliphatic carbocycles. The van der Waals surface area contributed by atoms with E-state index in [0.717, 1.165) is 17.1 Å². The Kier molecular flexibility index (Phi) is 5.49. The quantitative estimate of drug-likeness (QED) is 0.622. The highest BCUT2D eigenvalue weighted by molar-refractivity contribution is 6.01. The van der Waals surface area contributed by atoms with Crippen LogP contribution in [-0.4, -0.2) is 27.8 Å². The second kappa shape index (κ2) is 7.99. The first-order valence-electron chi connectivity index (χ1n) is 8.80. The molecule has 1 aromatic heterocycles. The predicted molar refractivity (Wildman–Crippen MR) is 102 cm³/mol. The highest BCUT2D eigenvalue weighted by atomic mass is 19.1. The van der Waals surface area contributed by atoms with Crippen LogP contribution in [0.1, 0.15) is 30.6 Å². The number of carbonyl (C=O) groups excluding carboxylic acids is 2. The summed E-state index contributed by atoms with van der Waals surface area (Å²) in [6, 6.07) is 12.0. The molecule has 140 valence electrons. The molecule has 0 saturated carbocycles. The third kappa shape index (κ3) is 4.31. The number of H-pyrrole nitrogens is 1. The minimum absolute atomic E-state index is 0.119. The maximum atomic E-state index is 13.4. The molecule has 3 N–H and O–H groups in total. The third-order valence-electron chi connectivity index (χ3n) is 4.50. The minimum atomic E-state index is -0.779. The summed E-state index contributed by atoms with van der Waals surface area (Å²) in [5.41, 5.74) is 1.70. The Morgan fingerprint density at radius 1 is 1.19 bits per heavy atom. The van der Waals surface area contributed by atoms with Gasteiger partial charge in [-0.15, -0.1) is 0 Å². The van der Waals surface area contributed by atoms with Gasteiger partial charge in [-0.2, -0.15) is 0 Å². The molecule has 0 fully saturated rings. The first-order chi connectivity index (χ1) is 13.0. The highest BCUT2D eigenvalue weighted by Crippen LogP contribution is 2.16. The van der Waals surface area contributed by atoms with Gasteiger partial charge in [0.05, 0.1) is 11.0 Å². The molecule has 0 saturated heterocycles. The highest BCUT2D eigenvalue weighted by Gasteiger charge is 2.27. The Labute approximate surface area is 156 Å². The number of fused-ring (bicyclic) bond motifs is 1. The van der Waals surface area contributed by atoms with Crippen LogP contribution in [-0.2, 0) is 4.79 Å². The molecule has 0 aliphatic heterocycles. The number of carbonyl (C=O) groups is 2. The van der Waals surface area contributed by atoms with Gasteiger partial charge in [0.2, 0.25) is 11.9 Å². The van der Waals surface area contributed by atoms with Crippen LogP contribution < -0.4 is 10.6 Å². The van der Waals surface area contributed by atoms with E-state index in [1.165, 1.54) is 18.2 Å². The average Bonchev–Trinajstić information content (AvgIpc) is 3.07. The van der Waals surface area contributed by atoms with Crippen molar-refractivity contribution in [1.29, 1.82) is 0 Å². The van der Waals surface area contributed by atoms with Crippen molar-refractivity contribution < 1.29 is 14.0 Å². The van der Waals surface area contributed by atoms with Crippen molar-refractivity contribution in [3.8, 4) is 0 Å². The van der Waals surface area contributed by atoms with E-state index in [2.05, 4.69) is 20.6 Å². The molecule has 0 bridgehead atoms. The number of hydrogen-bond acceptors (Lipinski definition) is 3. The molecular weight excluding hydrogens is 347 g/mol. The number of aromatic amines is 1. The molecule has 2 atom stereocenters. The van der Waals surface area contributed by atoms with Crippen molar-refractivity contribution in [3.63, 3.8) is 0 Å². The topological polar surface area (TPSA) is 86.9 Å². The van der Waals surface area contributed by atoms with Gasteiger partial charge >= 0.3 is 0 Å². The summed E-state index contributed by atoms with van der Waals surface area (Å²) in [4.78, 5) is 32.6. The summed E-state index contributed by atoms with van der Waals surface area (Å²) in [6.07, 6.45) is 0.682. The zero-order valence-electron chi connectivity index (χ0n) is 15.1. The Bertz CT molecular complexity index is 936. The molecule has 2 unspecified atom stereocenters. The molecule has 7 heteroatoms. The number of amides is 2. The molecule has 27 heavy (non-hydrogen) atoms. The van der Waals surface area contributed by atoms with Crippen LogP contribution in [0.25, 0.3) is 11.0 Å². The van der Waals surface area contributed by atoms with Crippen molar-refractivity contribution in [1.82, 2.24) is 15.3 Å². The lowest BCUT2D eigenvalue weighted by Gasteiger charge is -2.23. The molecule has 6 nitrogen and oxygen atoms in total. The van der Waals surface area contributed by atoms with Crippen LogP contribution in [0.4, 0.5) is 10.3 Å². The number of anilines is 1. The number of hydrogen-bond donors (Lipinski definition) is 3. The van der Waals surface area contributed by atoms with Crippen molar-refractivity contribution in [2.75, 3.05) is 5.32 Å². The van der Waals surface area contributed by atoms with Crippen molar-refractivity contribution in [2.24, 2.45) is 5.92 Å². The lowest BCUT2D eigenvalue weighted by atomic mass is 9.98. The Morgan fingerprint density at radius 2 is 1.96 bits per heavy atom. The van der Waals surface area contributed by atoms with Crippen molar-refractivity contribution in [2.45, 2.75) is 26.3 Å². The minimum Gasteiger partial charge on any atom is -0.340 e. The fourth-order valence-electron chi connectivity index (χ4n) is 2.76.